The van der Waals surface area contributed by atoms with Crippen molar-refractivity contribution < 1.29 is 20.1 Å². The molecule has 0 spiro atoms. The lowest BCUT2D eigenvalue weighted by Crippen LogP contribution is -2.57. The molecule has 0 unspecified atom stereocenters. The lowest BCUT2D eigenvalue weighted by Gasteiger charge is -2.59. The SMILES string of the molecule is C[C@]12CC[C@@H](O)C[C@@H]1CC(=O)[C@H]1[C@@H]3C[C@@H](O)C[C@@]3(CO)CC[C@@H]12. The Bertz CT molecular complexity index is 506. The molecule has 23 heavy (non-hydrogen) atoms. The van der Waals surface area contributed by atoms with E-state index in [2.05, 4.69) is 6.92 Å². The van der Waals surface area contributed by atoms with E-state index in [9.17, 15) is 20.1 Å². The Morgan fingerprint density at radius 3 is 2.61 bits per heavy atom. The number of rotatable bonds is 1. The fourth-order valence-corrected chi connectivity index (χ4v) is 7.00. The Morgan fingerprint density at radius 1 is 1.09 bits per heavy atom. The van der Waals surface area contributed by atoms with E-state index in [-0.39, 0.29) is 41.5 Å². The van der Waals surface area contributed by atoms with Crippen molar-refractivity contribution in [1.29, 1.82) is 0 Å². The van der Waals surface area contributed by atoms with Crippen LogP contribution in [0.25, 0.3) is 0 Å². The van der Waals surface area contributed by atoms with Gasteiger partial charge in [0.1, 0.15) is 5.78 Å². The standard InChI is InChI=1S/C19H30O4/c1-18-4-2-12(21)6-11(18)7-16(23)17-14(18)3-5-19(10-20)9-13(22)8-15(17)19/h11-15,17,20-22H,2-10H2,1H3/t11-,12-,13-,14+,15+,17-,18+,19-/m1/s1. The Hall–Kier alpha value is -0.450. The summed E-state index contributed by atoms with van der Waals surface area (Å²) < 4.78 is 0. The van der Waals surface area contributed by atoms with Crippen molar-refractivity contribution in [3.8, 4) is 0 Å². The monoisotopic (exact) mass is 322 g/mol. The minimum Gasteiger partial charge on any atom is -0.396 e. The molecule has 0 amide bonds. The molecule has 4 fully saturated rings. The van der Waals surface area contributed by atoms with Crippen molar-refractivity contribution >= 4 is 5.78 Å². The van der Waals surface area contributed by atoms with Gasteiger partial charge in [-0.05, 0) is 73.5 Å². The molecule has 0 aromatic heterocycles. The highest BCUT2D eigenvalue weighted by Gasteiger charge is 2.62. The van der Waals surface area contributed by atoms with Gasteiger partial charge in [0.2, 0.25) is 0 Å². The second-order valence-electron chi connectivity index (χ2n) is 9.19. The number of aliphatic hydroxyl groups excluding tert-OH is 3. The van der Waals surface area contributed by atoms with E-state index in [1.807, 2.05) is 0 Å². The maximum absolute atomic E-state index is 13.0. The molecule has 4 saturated carbocycles. The Balaban J connectivity index is 1.69. The lowest BCUT2D eigenvalue weighted by atomic mass is 9.45. The zero-order valence-corrected chi connectivity index (χ0v) is 14.1. The van der Waals surface area contributed by atoms with Gasteiger partial charge in [0, 0.05) is 18.9 Å². The van der Waals surface area contributed by atoms with Crippen molar-refractivity contribution in [1.82, 2.24) is 0 Å². The van der Waals surface area contributed by atoms with Gasteiger partial charge in [-0.1, -0.05) is 6.92 Å². The summed E-state index contributed by atoms with van der Waals surface area (Å²) in [7, 11) is 0. The minimum atomic E-state index is -0.364. The highest BCUT2D eigenvalue weighted by molar-refractivity contribution is 5.83. The minimum absolute atomic E-state index is 0.0181. The van der Waals surface area contributed by atoms with Gasteiger partial charge in [0.25, 0.3) is 0 Å². The van der Waals surface area contributed by atoms with E-state index in [0.29, 0.717) is 36.9 Å². The van der Waals surface area contributed by atoms with Gasteiger partial charge in [0.15, 0.2) is 0 Å². The summed E-state index contributed by atoms with van der Waals surface area (Å²) in [6.45, 7) is 2.44. The van der Waals surface area contributed by atoms with Gasteiger partial charge in [-0.3, -0.25) is 4.79 Å². The third-order valence-electron chi connectivity index (χ3n) is 8.26. The maximum Gasteiger partial charge on any atom is 0.136 e. The summed E-state index contributed by atoms with van der Waals surface area (Å²) in [5.41, 5.74) is -0.0828. The highest BCUT2D eigenvalue weighted by atomic mass is 16.3. The molecule has 4 aliphatic rings. The van der Waals surface area contributed by atoms with Crippen molar-refractivity contribution in [3.63, 3.8) is 0 Å². The molecular weight excluding hydrogens is 292 g/mol. The maximum atomic E-state index is 13.0. The molecular formula is C19H30O4. The van der Waals surface area contributed by atoms with E-state index in [0.717, 1.165) is 32.1 Å². The van der Waals surface area contributed by atoms with Crippen LogP contribution in [0, 0.1) is 34.5 Å². The average molecular weight is 322 g/mol. The number of ketones is 1. The molecule has 0 radical (unpaired) electrons. The molecule has 0 saturated heterocycles. The molecule has 0 heterocycles. The molecule has 4 heteroatoms. The predicted molar refractivity (Wildman–Crippen MR) is 85.5 cm³/mol. The van der Waals surface area contributed by atoms with E-state index < -0.39 is 0 Å². The van der Waals surface area contributed by atoms with Gasteiger partial charge in [-0.25, -0.2) is 0 Å². The number of carbonyl (C=O) groups is 1. The summed E-state index contributed by atoms with van der Waals surface area (Å²) in [6, 6.07) is 0. The third kappa shape index (κ3) is 2.17. The topological polar surface area (TPSA) is 77.8 Å². The number of carbonyl (C=O) groups excluding carboxylic acids is 1. The second-order valence-corrected chi connectivity index (χ2v) is 9.19. The van der Waals surface area contributed by atoms with Crippen LogP contribution in [-0.4, -0.2) is 39.9 Å². The average Bonchev–Trinajstić information content (AvgIpc) is 2.86. The van der Waals surface area contributed by atoms with Gasteiger partial charge >= 0.3 is 0 Å². The first-order valence-corrected chi connectivity index (χ1v) is 9.39. The largest absolute Gasteiger partial charge is 0.396 e. The van der Waals surface area contributed by atoms with Crippen LogP contribution in [-0.2, 0) is 4.79 Å². The van der Waals surface area contributed by atoms with Crippen LogP contribution >= 0.6 is 0 Å². The molecule has 4 aliphatic carbocycles. The Morgan fingerprint density at radius 2 is 1.87 bits per heavy atom. The fraction of sp³-hybridized carbons (Fsp3) is 0.947. The molecule has 0 aromatic rings. The van der Waals surface area contributed by atoms with Crippen LogP contribution in [0.15, 0.2) is 0 Å². The quantitative estimate of drug-likeness (QED) is 0.689. The number of hydrogen-bond acceptors (Lipinski definition) is 4. The normalized spacial score (nSPS) is 55.9. The van der Waals surface area contributed by atoms with Crippen LogP contribution in [0.5, 0.6) is 0 Å². The summed E-state index contributed by atoms with van der Waals surface area (Å²) in [5.74, 6) is 1.19. The van der Waals surface area contributed by atoms with Gasteiger partial charge < -0.3 is 15.3 Å². The van der Waals surface area contributed by atoms with E-state index in [4.69, 9.17) is 0 Å². The zero-order valence-electron chi connectivity index (χ0n) is 14.1. The summed E-state index contributed by atoms with van der Waals surface area (Å²) in [6.07, 6.45) is 5.86. The van der Waals surface area contributed by atoms with Gasteiger partial charge in [0.05, 0.1) is 12.2 Å². The molecule has 0 bridgehead atoms. The van der Waals surface area contributed by atoms with Crippen molar-refractivity contribution in [2.24, 2.45) is 34.5 Å². The van der Waals surface area contributed by atoms with Crippen LogP contribution in [0.3, 0.4) is 0 Å². The fourth-order valence-electron chi connectivity index (χ4n) is 7.00. The molecule has 0 aromatic carbocycles. The third-order valence-corrected chi connectivity index (χ3v) is 8.26. The molecule has 130 valence electrons. The summed E-state index contributed by atoms with van der Waals surface area (Å²) >= 11 is 0. The molecule has 0 aliphatic heterocycles. The van der Waals surface area contributed by atoms with Gasteiger partial charge in [-0.2, -0.15) is 0 Å². The Labute approximate surface area is 138 Å². The Kier molecular flexibility index (Phi) is 3.68. The van der Waals surface area contributed by atoms with E-state index in [1.165, 1.54) is 0 Å². The number of fused-ring (bicyclic) bond motifs is 5. The predicted octanol–water partition coefficient (Wildman–Crippen LogP) is 1.90. The van der Waals surface area contributed by atoms with Crippen molar-refractivity contribution in [2.45, 2.75) is 70.5 Å². The van der Waals surface area contributed by atoms with E-state index in [1.54, 1.807) is 0 Å². The number of aliphatic hydroxyl groups is 3. The van der Waals surface area contributed by atoms with E-state index >= 15 is 0 Å². The first kappa shape index (κ1) is 16.0. The second kappa shape index (κ2) is 5.27. The molecule has 4 rings (SSSR count). The van der Waals surface area contributed by atoms with Crippen LogP contribution < -0.4 is 0 Å². The number of hydrogen-bond donors (Lipinski definition) is 3. The van der Waals surface area contributed by atoms with Gasteiger partial charge in [-0.15, -0.1) is 0 Å². The first-order chi connectivity index (χ1) is 10.9. The highest BCUT2D eigenvalue weighted by Crippen LogP contribution is 2.65. The molecule has 4 nitrogen and oxygen atoms in total. The van der Waals surface area contributed by atoms with Crippen molar-refractivity contribution in [3.05, 3.63) is 0 Å². The smallest absolute Gasteiger partial charge is 0.136 e. The summed E-state index contributed by atoms with van der Waals surface area (Å²) in [4.78, 5) is 13.0. The van der Waals surface area contributed by atoms with Crippen LogP contribution in [0.4, 0.5) is 0 Å². The molecule has 3 N–H and O–H groups in total. The lowest BCUT2D eigenvalue weighted by molar-refractivity contribution is -0.161. The van der Waals surface area contributed by atoms with Crippen LogP contribution in [0.1, 0.15) is 58.3 Å². The van der Waals surface area contributed by atoms with Crippen LogP contribution in [0.2, 0.25) is 0 Å². The van der Waals surface area contributed by atoms with Crippen molar-refractivity contribution in [2.75, 3.05) is 6.61 Å². The zero-order chi connectivity index (χ0) is 16.4. The summed E-state index contributed by atoms with van der Waals surface area (Å²) in [5, 5.41) is 30.3. The first-order valence-electron chi connectivity index (χ1n) is 9.39. The number of Topliss-reactive ketones (excluding diaryl/α,β-unsaturated/α-hetero) is 1. The molecule has 8 atom stereocenters.